The molecular weight excluding hydrogens is 246 g/mol. The lowest BCUT2D eigenvalue weighted by atomic mass is 10.1. The minimum absolute atomic E-state index is 0.133. The van der Waals surface area contributed by atoms with Crippen molar-refractivity contribution in [2.24, 2.45) is 0 Å². The van der Waals surface area contributed by atoms with E-state index in [2.05, 4.69) is 0 Å². The van der Waals surface area contributed by atoms with Crippen molar-refractivity contribution in [1.82, 2.24) is 0 Å². The minimum Gasteiger partial charge on any atom is -0.440 e. The molecule has 0 atom stereocenters. The lowest BCUT2D eigenvalue weighted by Gasteiger charge is -2.27. The van der Waals surface area contributed by atoms with Gasteiger partial charge in [0.05, 0.1) is 24.2 Å². The Bertz CT molecular complexity index is 671. The molecular formula is C14H13NO4. The second-order valence-corrected chi connectivity index (χ2v) is 4.39. The van der Waals surface area contributed by atoms with E-state index in [0.717, 1.165) is 0 Å². The molecule has 0 spiro atoms. The van der Waals surface area contributed by atoms with Crippen LogP contribution in [0.4, 0.5) is 5.88 Å². The summed E-state index contributed by atoms with van der Waals surface area (Å²) in [5.41, 5.74) is 0.614. The van der Waals surface area contributed by atoms with Gasteiger partial charge in [-0.3, -0.25) is 9.59 Å². The summed E-state index contributed by atoms with van der Waals surface area (Å²) in [5.74, 6) is 0.495. The maximum absolute atomic E-state index is 12.1. The number of morpholine rings is 1. The van der Waals surface area contributed by atoms with E-state index in [1.54, 1.807) is 18.2 Å². The van der Waals surface area contributed by atoms with Gasteiger partial charge >= 0.3 is 0 Å². The smallest absolute Gasteiger partial charge is 0.200 e. The fraction of sp³-hybridized carbons (Fsp3) is 0.286. The van der Waals surface area contributed by atoms with Crippen molar-refractivity contribution in [3.63, 3.8) is 0 Å². The van der Waals surface area contributed by atoms with E-state index >= 15 is 0 Å². The van der Waals surface area contributed by atoms with E-state index in [9.17, 15) is 9.59 Å². The molecule has 0 N–H and O–H groups in total. The topological polar surface area (TPSA) is 59.8 Å². The van der Waals surface area contributed by atoms with Crippen molar-refractivity contribution in [2.45, 2.75) is 0 Å². The predicted molar refractivity (Wildman–Crippen MR) is 70.9 cm³/mol. The average molecular weight is 259 g/mol. The molecule has 1 aromatic carbocycles. The highest BCUT2D eigenvalue weighted by molar-refractivity contribution is 5.94. The van der Waals surface area contributed by atoms with Gasteiger partial charge in [0.1, 0.15) is 0 Å². The zero-order valence-electron chi connectivity index (χ0n) is 10.3. The van der Waals surface area contributed by atoms with Gasteiger partial charge in [-0.25, -0.2) is 0 Å². The molecule has 1 saturated heterocycles. The number of hydrogen-bond acceptors (Lipinski definition) is 5. The van der Waals surface area contributed by atoms with Gasteiger partial charge in [-0.1, -0.05) is 6.07 Å². The Hall–Kier alpha value is -2.14. The first-order chi connectivity index (χ1) is 9.29. The Kier molecular flexibility index (Phi) is 3.05. The second kappa shape index (κ2) is 4.85. The monoisotopic (exact) mass is 259 g/mol. The van der Waals surface area contributed by atoms with Gasteiger partial charge < -0.3 is 14.1 Å². The van der Waals surface area contributed by atoms with Crippen molar-refractivity contribution in [3.8, 4) is 0 Å². The van der Waals surface area contributed by atoms with E-state index in [1.165, 1.54) is 6.07 Å². The lowest BCUT2D eigenvalue weighted by Crippen LogP contribution is -2.36. The summed E-state index contributed by atoms with van der Waals surface area (Å²) < 4.78 is 11.0. The van der Waals surface area contributed by atoms with E-state index in [1.807, 2.05) is 4.90 Å². The molecule has 1 aliphatic heterocycles. The van der Waals surface area contributed by atoms with Gasteiger partial charge in [-0.2, -0.15) is 0 Å². The highest BCUT2D eigenvalue weighted by atomic mass is 16.5. The molecule has 3 rings (SSSR count). The lowest BCUT2D eigenvalue weighted by molar-refractivity contribution is 0.112. The van der Waals surface area contributed by atoms with E-state index in [-0.39, 0.29) is 5.43 Å². The number of benzene rings is 1. The fourth-order valence-corrected chi connectivity index (χ4v) is 2.22. The Morgan fingerprint density at radius 2 is 2.00 bits per heavy atom. The van der Waals surface area contributed by atoms with Crippen LogP contribution in [0.3, 0.4) is 0 Å². The van der Waals surface area contributed by atoms with Crippen molar-refractivity contribution in [2.75, 3.05) is 31.2 Å². The molecule has 2 aromatic rings. The van der Waals surface area contributed by atoms with Gasteiger partial charge in [0.25, 0.3) is 0 Å². The molecule has 5 nitrogen and oxygen atoms in total. The highest BCUT2D eigenvalue weighted by Crippen LogP contribution is 2.22. The first kappa shape index (κ1) is 11.9. The second-order valence-electron chi connectivity index (χ2n) is 4.39. The SMILES string of the molecule is O=Cc1cccc2c(=O)cc(N3CCOCC3)oc12. The number of aldehydes is 1. The Morgan fingerprint density at radius 1 is 1.21 bits per heavy atom. The number of ether oxygens (including phenoxy) is 1. The molecule has 0 unspecified atom stereocenters. The number of carbonyl (C=O) groups is 1. The summed E-state index contributed by atoms with van der Waals surface area (Å²) in [7, 11) is 0. The largest absolute Gasteiger partial charge is 0.440 e. The summed E-state index contributed by atoms with van der Waals surface area (Å²) in [6, 6.07) is 6.46. The molecule has 1 fully saturated rings. The number of para-hydroxylation sites is 1. The maximum Gasteiger partial charge on any atom is 0.200 e. The standard InChI is InChI=1S/C14H13NO4/c16-9-10-2-1-3-11-12(17)8-13(19-14(10)11)15-4-6-18-7-5-15/h1-3,8-9H,4-7H2. The number of anilines is 1. The third-order valence-electron chi connectivity index (χ3n) is 3.22. The van der Waals surface area contributed by atoms with Gasteiger partial charge in [0.15, 0.2) is 23.2 Å². The van der Waals surface area contributed by atoms with Crippen LogP contribution in [0.25, 0.3) is 11.0 Å². The van der Waals surface area contributed by atoms with E-state index in [4.69, 9.17) is 9.15 Å². The van der Waals surface area contributed by atoms with Crippen LogP contribution in [0.5, 0.6) is 0 Å². The van der Waals surface area contributed by atoms with Crippen LogP contribution in [-0.2, 0) is 4.74 Å². The van der Waals surface area contributed by atoms with Crippen LogP contribution in [0.1, 0.15) is 10.4 Å². The van der Waals surface area contributed by atoms with Crippen LogP contribution in [0.15, 0.2) is 33.5 Å². The molecule has 1 aromatic heterocycles. The molecule has 0 amide bonds. The van der Waals surface area contributed by atoms with Gasteiger partial charge in [-0.05, 0) is 12.1 Å². The van der Waals surface area contributed by atoms with Crippen molar-refractivity contribution < 1.29 is 13.9 Å². The predicted octanol–water partition coefficient (Wildman–Crippen LogP) is 1.44. The quantitative estimate of drug-likeness (QED) is 0.764. The normalized spacial score (nSPS) is 15.7. The number of nitrogens with zero attached hydrogens (tertiary/aromatic N) is 1. The molecule has 0 saturated carbocycles. The third kappa shape index (κ3) is 2.13. The van der Waals surface area contributed by atoms with Crippen molar-refractivity contribution in [1.29, 1.82) is 0 Å². The molecule has 19 heavy (non-hydrogen) atoms. The highest BCUT2D eigenvalue weighted by Gasteiger charge is 2.16. The van der Waals surface area contributed by atoms with Crippen LogP contribution in [-0.4, -0.2) is 32.6 Å². The van der Waals surface area contributed by atoms with Crippen molar-refractivity contribution in [3.05, 3.63) is 40.1 Å². The first-order valence-corrected chi connectivity index (χ1v) is 6.14. The van der Waals surface area contributed by atoms with Crippen LogP contribution in [0.2, 0.25) is 0 Å². The summed E-state index contributed by atoms with van der Waals surface area (Å²) in [6.45, 7) is 2.57. The molecule has 0 bridgehead atoms. The maximum atomic E-state index is 12.1. The molecule has 5 heteroatoms. The number of carbonyl (C=O) groups excluding carboxylic acids is 1. The Morgan fingerprint density at radius 3 is 2.74 bits per heavy atom. The summed E-state index contributed by atoms with van der Waals surface area (Å²) in [4.78, 5) is 25.1. The van der Waals surface area contributed by atoms with Gasteiger partial charge in [0.2, 0.25) is 0 Å². The summed E-state index contributed by atoms with van der Waals surface area (Å²) >= 11 is 0. The minimum atomic E-state index is -0.133. The molecule has 2 heterocycles. The van der Waals surface area contributed by atoms with Gasteiger partial charge in [-0.15, -0.1) is 0 Å². The van der Waals surface area contributed by atoms with Gasteiger partial charge in [0, 0.05) is 19.2 Å². The molecule has 1 aliphatic rings. The molecule has 0 aliphatic carbocycles. The zero-order valence-corrected chi connectivity index (χ0v) is 10.3. The first-order valence-electron chi connectivity index (χ1n) is 6.14. The average Bonchev–Trinajstić information content (AvgIpc) is 2.47. The third-order valence-corrected chi connectivity index (χ3v) is 3.22. The number of rotatable bonds is 2. The van der Waals surface area contributed by atoms with Crippen LogP contribution in [0, 0.1) is 0 Å². The van der Waals surface area contributed by atoms with E-state index in [0.29, 0.717) is 55.0 Å². The zero-order chi connectivity index (χ0) is 13.2. The van der Waals surface area contributed by atoms with E-state index < -0.39 is 0 Å². The molecule has 98 valence electrons. The summed E-state index contributed by atoms with van der Waals surface area (Å²) in [6.07, 6.45) is 0.703. The number of fused-ring (bicyclic) bond motifs is 1. The molecule has 0 radical (unpaired) electrons. The van der Waals surface area contributed by atoms with Crippen LogP contribution >= 0.6 is 0 Å². The van der Waals surface area contributed by atoms with Crippen molar-refractivity contribution >= 4 is 23.1 Å². The Labute approximate surface area is 109 Å². The number of hydrogen-bond donors (Lipinski definition) is 0. The van der Waals surface area contributed by atoms with Crippen LogP contribution < -0.4 is 10.3 Å². The Balaban J connectivity index is 2.16. The fourth-order valence-electron chi connectivity index (χ4n) is 2.22. The summed E-state index contributed by atoms with van der Waals surface area (Å²) in [5, 5.41) is 0.432.